The summed E-state index contributed by atoms with van der Waals surface area (Å²) in [5, 5.41) is 4.61. The number of aromatic nitrogens is 4. The fourth-order valence-corrected chi connectivity index (χ4v) is 3.90. The molecule has 0 fully saturated rings. The minimum Gasteiger partial charge on any atom is -0.464 e. The van der Waals surface area contributed by atoms with Crippen molar-refractivity contribution < 1.29 is 4.42 Å². The van der Waals surface area contributed by atoms with Crippen LogP contribution in [-0.4, -0.2) is 19.9 Å². The number of hydrogen-bond acceptors (Lipinski definition) is 6. The molecular formula is C27H25N5O. The summed E-state index contributed by atoms with van der Waals surface area (Å²) >= 11 is 0. The molecule has 1 atom stereocenters. The van der Waals surface area contributed by atoms with Crippen LogP contribution in [0.5, 0.6) is 0 Å². The molecule has 0 amide bonds. The van der Waals surface area contributed by atoms with Gasteiger partial charge in [0.25, 0.3) is 0 Å². The number of fused-ring (bicyclic) bond motifs is 1. The number of anilines is 1. The Morgan fingerprint density at radius 3 is 2.52 bits per heavy atom. The van der Waals surface area contributed by atoms with Gasteiger partial charge in [-0.25, -0.2) is 9.97 Å². The largest absolute Gasteiger partial charge is 0.464 e. The van der Waals surface area contributed by atoms with E-state index in [4.69, 9.17) is 4.42 Å². The number of aryl methyl sites for hydroxylation is 3. The summed E-state index contributed by atoms with van der Waals surface area (Å²) in [6.45, 7) is 8.04. The molecule has 0 bridgehead atoms. The lowest BCUT2D eigenvalue weighted by molar-refractivity contribution is 0.613. The van der Waals surface area contributed by atoms with E-state index >= 15 is 0 Å². The summed E-state index contributed by atoms with van der Waals surface area (Å²) in [6, 6.07) is 14.4. The number of rotatable bonds is 5. The number of nitrogens with one attached hydrogen (secondary N) is 1. The minimum absolute atomic E-state index is 0.0107. The summed E-state index contributed by atoms with van der Waals surface area (Å²) in [5.74, 6) is 1.49. The maximum Gasteiger partial charge on any atom is 0.134 e. The predicted molar refractivity (Wildman–Crippen MR) is 131 cm³/mol. The molecule has 0 saturated carbocycles. The lowest BCUT2D eigenvalue weighted by Gasteiger charge is -2.16. The van der Waals surface area contributed by atoms with Crippen molar-refractivity contribution in [1.29, 1.82) is 0 Å². The minimum atomic E-state index is 0.0107. The van der Waals surface area contributed by atoms with E-state index in [-0.39, 0.29) is 6.04 Å². The van der Waals surface area contributed by atoms with Crippen LogP contribution >= 0.6 is 0 Å². The lowest BCUT2D eigenvalue weighted by Crippen LogP contribution is -2.09. The van der Waals surface area contributed by atoms with Crippen LogP contribution in [0.15, 0.2) is 71.7 Å². The summed E-state index contributed by atoms with van der Waals surface area (Å²) in [4.78, 5) is 18.1. The Kier molecular flexibility index (Phi) is 5.34. The molecule has 1 aromatic carbocycles. The zero-order valence-electron chi connectivity index (χ0n) is 19.1. The van der Waals surface area contributed by atoms with E-state index in [0.717, 1.165) is 56.0 Å². The molecule has 164 valence electrons. The van der Waals surface area contributed by atoms with Gasteiger partial charge in [-0.2, -0.15) is 0 Å². The van der Waals surface area contributed by atoms with E-state index in [0.29, 0.717) is 5.82 Å². The van der Waals surface area contributed by atoms with Crippen molar-refractivity contribution in [2.45, 2.75) is 33.7 Å². The molecule has 6 nitrogen and oxygen atoms in total. The highest BCUT2D eigenvalue weighted by Crippen LogP contribution is 2.29. The molecule has 0 unspecified atom stereocenters. The fraction of sp³-hybridized carbons (Fsp3) is 0.185. The van der Waals surface area contributed by atoms with Crippen molar-refractivity contribution in [3.8, 4) is 22.4 Å². The fourth-order valence-electron chi connectivity index (χ4n) is 3.90. The molecule has 4 aromatic heterocycles. The molecule has 0 radical (unpaired) electrons. The van der Waals surface area contributed by atoms with Gasteiger partial charge >= 0.3 is 0 Å². The molecule has 5 rings (SSSR count). The maximum atomic E-state index is 5.58. The van der Waals surface area contributed by atoms with Crippen molar-refractivity contribution in [2.75, 3.05) is 5.32 Å². The summed E-state index contributed by atoms with van der Waals surface area (Å²) < 4.78 is 5.58. The first-order valence-electron chi connectivity index (χ1n) is 10.9. The van der Waals surface area contributed by atoms with Crippen LogP contribution in [-0.2, 0) is 0 Å². The van der Waals surface area contributed by atoms with Gasteiger partial charge in [-0.05, 0) is 69.2 Å². The van der Waals surface area contributed by atoms with Gasteiger partial charge in [0.2, 0.25) is 0 Å². The number of furan rings is 1. The first-order valence-corrected chi connectivity index (χ1v) is 10.9. The van der Waals surface area contributed by atoms with E-state index in [2.05, 4.69) is 50.4 Å². The first kappa shape index (κ1) is 20.8. The average Bonchev–Trinajstić information content (AvgIpc) is 3.19. The Hall–Kier alpha value is -4.06. The van der Waals surface area contributed by atoms with Crippen LogP contribution in [0.1, 0.15) is 35.6 Å². The Labute approximate surface area is 192 Å². The smallest absolute Gasteiger partial charge is 0.134 e. The van der Waals surface area contributed by atoms with Gasteiger partial charge < -0.3 is 9.73 Å². The third-order valence-electron chi connectivity index (χ3n) is 5.77. The van der Waals surface area contributed by atoms with Crippen LogP contribution in [0.25, 0.3) is 33.4 Å². The summed E-state index contributed by atoms with van der Waals surface area (Å²) in [6.07, 6.45) is 7.41. The molecule has 0 aliphatic rings. The lowest BCUT2D eigenvalue weighted by atomic mass is 10.0. The normalized spacial score (nSPS) is 12.1. The number of benzene rings is 1. The summed E-state index contributed by atoms with van der Waals surface area (Å²) in [5.41, 5.74) is 8.05. The Bertz CT molecular complexity index is 1440. The Morgan fingerprint density at radius 2 is 1.70 bits per heavy atom. The zero-order chi connectivity index (χ0) is 22.9. The van der Waals surface area contributed by atoms with Gasteiger partial charge in [0.05, 0.1) is 18.0 Å². The standard InChI is InChI=1S/C27H25N5O/c1-16-15-33-26-8-7-20(10-24(16)26)25-11-27(32-19(4)31-25)30-18(3)22-9-23(13-28-12-22)21-6-5-17(2)29-14-21/h5-15,18H,1-4H3,(H,30,31,32)/t18-/m0/s1. The predicted octanol–water partition coefficient (Wildman–Crippen LogP) is 6.45. The van der Waals surface area contributed by atoms with Gasteiger partial charge in [-0.15, -0.1) is 0 Å². The topological polar surface area (TPSA) is 76.7 Å². The second-order valence-corrected chi connectivity index (χ2v) is 8.38. The van der Waals surface area contributed by atoms with Crippen LogP contribution in [0, 0.1) is 20.8 Å². The van der Waals surface area contributed by atoms with Crippen molar-refractivity contribution >= 4 is 16.8 Å². The highest BCUT2D eigenvalue weighted by atomic mass is 16.3. The van der Waals surface area contributed by atoms with E-state index < -0.39 is 0 Å². The zero-order valence-corrected chi connectivity index (χ0v) is 19.1. The quantitative estimate of drug-likeness (QED) is 0.342. The van der Waals surface area contributed by atoms with Crippen molar-refractivity contribution in [1.82, 2.24) is 19.9 Å². The van der Waals surface area contributed by atoms with Gasteiger partial charge in [-0.3, -0.25) is 9.97 Å². The van der Waals surface area contributed by atoms with Crippen LogP contribution in [0.2, 0.25) is 0 Å². The average molecular weight is 436 g/mol. The molecule has 33 heavy (non-hydrogen) atoms. The molecule has 0 saturated heterocycles. The van der Waals surface area contributed by atoms with Crippen LogP contribution in [0.4, 0.5) is 5.82 Å². The number of nitrogens with zero attached hydrogens (tertiary/aromatic N) is 4. The SMILES string of the molecule is Cc1ccc(-c2cncc([C@H](C)Nc3cc(-c4ccc5occ(C)c5c4)nc(C)n3)c2)cn1. The Morgan fingerprint density at radius 1 is 0.848 bits per heavy atom. The second kappa shape index (κ2) is 8.47. The van der Waals surface area contributed by atoms with E-state index in [1.165, 1.54) is 0 Å². The molecule has 0 spiro atoms. The van der Waals surface area contributed by atoms with Crippen molar-refractivity contribution in [3.05, 3.63) is 90.0 Å². The van der Waals surface area contributed by atoms with Gasteiger partial charge in [0.1, 0.15) is 17.2 Å². The second-order valence-electron chi connectivity index (χ2n) is 8.38. The third kappa shape index (κ3) is 4.32. The van der Waals surface area contributed by atoms with Gasteiger partial charge in [0, 0.05) is 52.4 Å². The molecule has 0 aliphatic carbocycles. The molecule has 4 heterocycles. The highest BCUT2D eigenvalue weighted by Gasteiger charge is 2.12. The van der Waals surface area contributed by atoms with E-state index in [1.807, 2.05) is 63.6 Å². The molecule has 0 aliphatic heterocycles. The van der Waals surface area contributed by atoms with Crippen molar-refractivity contribution in [2.24, 2.45) is 0 Å². The maximum absolute atomic E-state index is 5.58. The van der Waals surface area contributed by atoms with Crippen molar-refractivity contribution in [3.63, 3.8) is 0 Å². The molecule has 1 N–H and O–H groups in total. The number of hydrogen-bond donors (Lipinski definition) is 1. The molecule has 6 heteroatoms. The Balaban J connectivity index is 1.42. The van der Waals surface area contributed by atoms with Crippen LogP contribution in [0.3, 0.4) is 0 Å². The van der Waals surface area contributed by atoms with E-state index in [1.54, 1.807) is 6.26 Å². The monoisotopic (exact) mass is 435 g/mol. The highest BCUT2D eigenvalue weighted by molar-refractivity contribution is 5.85. The van der Waals surface area contributed by atoms with Gasteiger partial charge in [0.15, 0.2) is 0 Å². The number of pyridine rings is 2. The third-order valence-corrected chi connectivity index (χ3v) is 5.77. The summed E-state index contributed by atoms with van der Waals surface area (Å²) in [7, 11) is 0. The first-order chi connectivity index (χ1) is 16.0. The van der Waals surface area contributed by atoms with Crippen LogP contribution < -0.4 is 5.32 Å². The molecule has 5 aromatic rings. The van der Waals surface area contributed by atoms with Gasteiger partial charge in [-0.1, -0.05) is 6.07 Å². The van der Waals surface area contributed by atoms with E-state index in [9.17, 15) is 0 Å². The molecular weight excluding hydrogens is 410 g/mol.